The van der Waals surface area contributed by atoms with Crippen molar-refractivity contribution in [2.45, 2.75) is 20.3 Å². The summed E-state index contributed by atoms with van der Waals surface area (Å²) in [7, 11) is 1.95. The molecule has 5 heteroatoms. The second-order valence-electron chi connectivity index (χ2n) is 3.99. The summed E-state index contributed by atoms with van der Waals surface area (Å²) in [5, 5.41) is 9.54. The van der Waals surface area contributed by atoms with Crippen LogP contribution in [0.4, 0.5) is 5.82 Å². The molecule has 16 heavy (non-hydrogen) atoms. The Morgan fingerprint density at radius 3 is 2.75 bits per heavy atom. The van der Waals surface area contributed by atoms with E-state index in [9.17, 15) is 0 Å². The minimum Gasteiger partial charge on any atom is -0.396 e. The first-order valence-corrected chi connectivity index (χ1v) is 5.79. The van der Waals surface area contributed by atoms with Crippen LogP contribution in [-0.4, -0.2) is 35.3 Å². The minimum absolute atomic E-state index is 0.171. The Balaban J connectivity index is 2.90. The molecule has 0 amide bonds. The van der Waals surface area contributed by atoms with E-state index in [1.54, 1.807) is 0 Å². The minimum atomic E-state index is 0.171. The molecule has 90 valence electrons. The van der Waals surface area contributed by atoms with E-state index in [4.69, 9.17) is 16.7 Å². The Bertz CT molecular complexity index is 346. The van der Waals surface area contributed by atoms with Crippen LogP contribution in [0.3, 0.4) is 0 Å². The molecule has 1 unspecified atom stereocenters. The number of rotatable bonds is 5. The summed E-state index contributed by atoms with van der Waals surface area (Å²) in [5.74, 6) is 1.06. The SMILES string of the molecule is CCc1c(Cl)ncnc1N(C)CC(C)CO. The molecule has 0 aromatic carbocycles. The fourth-order valence-electron chi connectivity index (χ4n) is 1.63. The fourth-order valence-corrected chi connectivity index (χ4v) is 1.89. The maximum atomic E-state index is 9.03. The van der Waals surface area contributed by atoms with Crippen LogP contribution in [0.25, 0.3) is 0 Å². The molecule has 1 rings (SSSR count). The van der Waals surface area contributed by atoms with Gasteiger partial charge in [0.1, 0.15) is 17.3 Å². The smallest absolute Gasteiger partial charge is 0.137 e. The van der Waals surface area contributed by atoms with Gasteiger partial charge in [0.2, 0.25) is 0 Å². The Morgan fingerprint density at radius 2 is 2.19 bits per heavy atom. The summed E-state index contributed by atoms with van der Waals surface area (Å²) in [6.07, 6.45) is 2.27. The van der Waals surface area contributed by atoms with E-state index in [1.165, 1.54) is 6.33 Å². The van der Waals surface area contributed by atoms with E-state index in [0.29, 0.717) is 5.15 Å². The molecule has 1 aromatic rings. The Morgan fingerprint density at radius 1 is 1.50 bits per heavy atom. The van der Waals surface area contributed by atoms with Gasteiger partial charge < -0.3 is 10.0 Å². The number of hydrogen-bond acceptors (Lipinski definition) is 4. The van der Waals surface area contributed by atoms with Crippen LogP contribution in [0, 0.1) is 5.92 Å². The number of anilines is 1. The van der Waals surface area contributed by atoms with E-state index < -0.39 is 0 Å². The lowest BCUT2D eigenvalue weighted by molar-refractivity contribution is 0.240. The maximum absolute atomic E-state index is 9.03. The van der Waals surface area contributed by atoms with Gasteiger partial charge in [0.15, 0.2) is 0 Å². The Labute approximate surface area is 101 Å². The van der Waals surface area contributed by atoms with Gasteiger partial charge in [0.05, 0.1) is 0 Å². The van der Waals surface area contributed by atoms with Gasteiger partial charge in [-0.15, -0.1) is 0 Å². The molecule has 4 nitrogen and oxygen atoms in total. The first-order chi connectivity index (χ1) is 7.60. The molecule has 0 spiro atoms. The average Bonchev–Trinajstić information content (AvgIpc) is 2.28. The Kier molecular flexibility index (Phi) is 4.96. The highest BCUT2D eigenvalue weighted by Gasteiger charge is 2.13. The van der Waals surface area contributed by atoms with Crippen molar-refractivity contribution < 1.29 is 5.11 Å². The summed E-state index contributed by atoms with van der Waals surface area (Å²) < 4.78 is 0. The number of nitrogens with zero attached hydrogens (tertiary/aromatic N) is 3. The molecule has 0 saturated carbocycles. The predicted molar refractivity (Wildman–Crippen MR) is 65.9 cm³/mol. The van der Waals surface area contributed by atoms with Gasteiger partial charge in [-0.25, -0.2) is 9.97 Å². The number of aromatic nitrogens is 2. The molecule has 0 aliphatic heterocycles. The van der Waals surface area contributed by atoms with E-state index in [1.807, 2.05) is 25.8 Å². The van der Waals surface area contributed by atoms with Gasteiger partial charge in [-0.3, -0.25) is 0 Å². The van der Waals surface area contributed by atoms with Crippen molar-refractivity contribution in [2.24, 2.45) is 5.92 Å². The highest BCUT2D eigenvalue weighted by atomic mass is 35.5. The first kappa shape index (κ1) is 13.2. The lowest BCUT2D eigenvalue weighted by atomic mass is 10.1. The molecule has 0 aliphatic rings. The van der Waals surface area contributed by atoms with E-state index in [-0.39, 0.29) is 12.5 Å². The molecule has 1 atom stereocenters. The molecule has 1 aromatic heterocycles. The van der Waals surface area contributed by atoms with Crippen molar-refractivity contribution in [3.63, 3.8) is 0 Å². The molecular formula is C11H18ClN3O. The quantitative estimate of drug-likeness (QED) is 0.801. The predicted octanol–water partition coefficient (Wildman–Crippen LogP) is 1.76. The largest absolute Gasteiger partial charge is 0.396 e. The lowest BCUT2D eigenvalue weighted by Gasteiger charge is -2.23. The van der Waals surface area contributed by atoms with Gasteiger partial charge in [-0.1, -0.05) is 25.4 Å². The molecule has 1 N–H and O–H groups in total. The lowest BCUT2D eigenvalue weighted by Crippen LogP contribution is -2.27. The van der Waals surface area contributed by atoms with Crippen molar-refractivity contribution in [1.29, 1.82) is 0 Å². The van der Waals surface area contributed by atoms with Crippen LogP contribution in [0.1, 0.15) is 19.4 Å². The van der Waals surface area contributed by atoms with Crippen LogP contribution in [0.5, 0.6) is 0 Å². The summed E-state index contributed by atoms with van der Waals surface area (Å²) in [4.78, 5) is 10.2. The molecule has 0 radical (unpaired) electrons. The zero-order valence-electron chi connectivity index (χ0n) is 9.94. The van der Waals surface area contributed by atoms with Crippen LogP contribution in [0.15, 0.2) is 6.33 Å². The normalized spacial score (nSPS) is 12.6. The molecule has 0 saturated heterocycles. The van der Waals surface area contributed by atoms with Gasteiger partial charge in [0.25, 0.3) is 0 Å². The molecule has 0 aliphatic carbocycles. The van der Waals surface area contributed by atoms with Crippen LogP contribution in [-0.2, 0) is 6.42 Å². The third kappa shape index (κ3) is 3.06. The second kappa shape index (κ2) is 6.01. The highest BCUT2D eigenvalue weighted by molar-refractivity contribution is 6.30. The monoisotopic (exact) mass is 243 g/mol. The zero-order valence-corrected chi connectivity index (χ0v) is 10.7. The van der Waals surface area contributed by atoms with Crippen LogP contribution < -0.4 is 4.90 Å². The topological polar surface area (TPSA) is 49.2 Å². The first-order valence-electron chi connectivity index (χ1n) is 5.41. The molecule has 1 heterocycles. The number of hydrogen-bond donors (Lipinski definition) is 1. The third-order valence-corrected chi connectivity index (χ3v) is 2.81. The summed E-state index contributed by atoms with van der Waals surface area (Å²) in [5.41, 5.74) is 0.955. The number of aliphatic hydroxyl groups excluding tert-OH is 1. The van der Waals surface area contributed by atoms with Crippen LogP contribution in [0.2, 0.25) is 5.15 Å². The molecule has 0 bridgehead atoms. The maximum Gasteiger partial charge on any atom is 0.137 e. The van der Waals surface area contributed by atoms with Crippen molar-refractivity contribution in [2.75, 3.05) is 25.1 Å². The van der Waals surface area contributed by atoms with Crippen molar-refractivity contribution in [3.8, 4) is 0 Å². The fraction of sp³-hybridized carbons (Fsp3) is 0.636. The van der Waals surface area contributed by atoms with Crippen LogP contribution >= 0.6 is 11.6 Å². The van der Waals surface area contributed by atoms with Crippen molar-refractivity contribution in [3.05, 3.63) is 17.0 Å². The van der Waals surface area contributed by atoms with Crippen molar-refractivity contribution in [1.82, 2.24) is 9.97 Å². The number of halogens is 1. The Hall–Kier alpha value is -0.870. The highest BCUT2D eigenvalue weighted by Crippen LogP contribution is 2.23. The zero-order chi connectivity index (χ0) is 12.1. The standard InChI is InChI=1S/C11H18ClN3O/c1-4-9-10(12)13-7-14-11(9)15(3)5-8(2)6-16/h7-8,16H,4-6H2,1-3H3. The third-order valence-electron chi connectivity index (χ3n) is 2.48. The second-order valence-corrected chi connectivity index (χ2v) is 4.35. The van der Waals surface area contributed by atoms with E-state index in [2.05, 4.69) is 9.97 Å². The molecule has 0 fully saturated rings. The molecular weight excluding hydrogens is 226 g/mol. The summed E-state index contributed by atoms with van der Waals surface area (Å²) in [6.45, 7) is 4.93. The summed E-state index contributed by atoms with van der Waals surface area (Å²) >= 11 is 6.02. The number of aliphatic hydroxyl groups is 1. The van der Waals surface area contributed by atoms with Gasteiger partial charge >= 0.3 is 0 Å². The van der Waals surface area contributed by atoms with Crippen molar-refractivity contribution >= 4 is 17.4 Å². The van der Waals surface area contributed by atoms with Gasteiger partial charge in [0, 0.05) is 25.8 Å². The van der Waals surface area contributed by atoms with Gasteiger partial charge in [-0.2, -0.15) is 0 Å². The summed E-state index contributed by atoms with van der Waals surface area (Å²) in [6, 6.07) is 0. The average molecular weight is 244 g/mol. The van der Waals surface area contributed by atoms with Gasteiger partial charge in [-0.05, 0) is 12.3 Å². The van der Waals surface area contributed by atoms with E-state index in [0.717, 1.165) is 24.3 Å². The van der Waals surface area contributed by atoms with E-state index >= 15 is 0 Å².